The monoisotopic (exact) mass is 312 g/mol. The van der Waals surface area contributed by atoms with Crippen LogP contribution in [0.5, 0.6) is 11.5 Å². The van der Waals surface area contributed by atoms with Gasteiger partial charge in [-0.25, -0.2) is 4.21 Å². The summed E-state index contributed by atoms with van der Waals surface area (Å²) in [7, 11) is -1.73. The van der Waals surface area contributed by atoms with E-state index >= 15 is 0 Å². The van der Waals surface area contributed by atoms with Gasteiger partial charge < -0.3 is 10.2 Å². The van der Waals surface area contributed by atoms with E-state index in [2.05, 4.69) is 0 Å². The lowest BCUT2D eigenvalue weighted by atomic mass is 10.1. The van der Waals surface area contributed by atoms with Gasteiger partial charge in [0.2, 0.25) is 11.2 Å². The summed E-state index contributed by atoms with van der Waals surface area (Å²) in [4.78, 5) is 12.0. The third kappa shape index (κ3) is 2.35. The van der Waals surface area contributed by atoms with Crippen LogP contribution in [-0.2, 0) is 10.8 Å². The van der Waals surface area contributed by atoms with Gasteiger partial charge in [-0.05, 0) is 29.0 Å². The lowest BCUT2D eigenvalue weighted by Crippen LogP contribution is -1.96. The summed E-state index contributed by atoms with van der Waals surface area (Å²) in [6.45, 7) is 0. The Morgan fingerprint density at radius 1 is 0.727 bits per heavy atom. The molecule has 110 valence electrons. The number of rotatable bonds is 2. The standard InChI is InChI=1S/C17H12O4S/c18-13-8-4-10-15(17(20)16(13)19)22(21)14-9-3-6-11-5-1-2-7-12(11)14/h1-10H,(H2,18,19,20). The Morgan fingerprint density at radius 2 is 1.36 bits per heavy atom. The average molecular weight is 312 g/mol. The molecule has 3 rings (SSSR count). The van der Waals surface area contributed by atoms with Crippen molar-refractivity contribution >= 4 is 21.6 Å². The van der Waals surface area contributed by atoms with Crippen molar-refractivity contribution < 1.29 is 14.4 Å². The Hall–Kier alpha value is -2.66. The minimum Gasteiger partial charge on any atom is -0.503 e. The second kappa shape index (κ2) is 5.61. The van der Waals surface area contributed by atoms with Crippen LogP contribution in [0.4, 0.5) is 0 Å². The average Bonchev–Trinajstić information content (AvgIpc) is 2.67. The molecule has 3 aromatic carbocycles. The van der Waals surface area contributed by atoms with E-state index < -0.39 is 27.7 Å². The van der Waals surface area contributed by atoms with Gasteiger partial charge in [0.1, 0.15) is 0 Å². The van der Waals surface area contributed by atoms with Gasteiger partial charge in [0, 0.05) is 0 Å². The van der Waals surface area contributed by atoms with Crippen LogP contribution >= 0.6 is 0 Å². The van der Waals surface area contributed by atoms with Gasteiger partial charge in [-0.1, -0.05) is 42.5 Å². The van der Waals surface area contributed by atoms with Crippen molar-refractivity contribution in [2.45, 2.75) is 9.79 Å². The first-order chi connectivity index (χ1) is 10.6. The zero-order valence-electron chi connectivity index (χ0n) is 11.4. The van der Waals surface area contributed by atoms with E-state index in [0.717, 1.165) is 16.8 Å². The van der Waals surface area contributed by atoms with Crippen LogP contribution in [-0.4, -0.2) is 14.4 Å². The summed E-state index contributed by atoms with van der Waals surface area (Å²) in [6.07, 6.45) is 0. The van der Waals surface area contributed by atoms with Crippen LogP contribution < -0.4 is 5.43 Å². The molecule has 1 atom stereocenters. The van der Waals surface area contributed by atoms with Crippen LogP contribution in [0.3, 0.4) is 0 Å². The summed E-state index contributed by atoms with van der Waals surface area (Å²) < 4.78 is 12.8. The normalized spacial score (nSPS) is 12.2. The van der Waals surface area contributed by atoms with Crippen LogP contribution in [0.25, 0.3) is 10.8 Å². The van der Waals surface area contributed by atoms with Gasteiger partial charge in [0.05, 0.1) is 20.6 Å². The van der Waals surface area contributed by atoms with Crippen LogP contribution in [0.2, 0.25) is 0 Å². The second-order valence-corrected chi connectivity index (χ2v) is 6.11. The van der Waals surface area contributed by atoms with Crippen molar-refractivity contribution in [1.82, 2.24) is 0 Å². The van der Waals surface area contributed by atoms with E-state index in [-0.39, 0.29) is 4.90 Å². The van der Waals surface area contributed by atoms with E-state index in [1.54, 1.807) is 12.1 Å². The lowest BCUT2D eigenvalue weighted by Gasteiger charge is -2.07. The van der Waals surface area contributed by atoms with Gasteiger partial charge >= 0.3 is 0 Å². The zero-order valence-corrected chi connectivity index (χ0v) is 12.2. The molecule has 0 heterocycles. The molecule has 0 aliphatic heterocycles. The maximum atomic E-state index is 12.8. The SMILES string of the molecule is O=c1cccc(S(=O)c2cccc3ccccc23)c(O)c1O. The number of benzene rings is 2. The molecular weight excluding hydrogens is 300 g/mol. The fourth-order valence-corrected chi connectivity index (χ4v) is 3.54. The minimum atomic E-state index is -1.73. The Bertz CT molecular complexity index is 945. The molecular formula is C17H12O4S. The topological polar surface area (TPSA) is 74.6 Å². The summed E-state index contributed by atoms with van der Waals surface area (Å²) in [6, 6.07) is 16.6. The van der Waals surface area contributed by atoms with Crippen molar-refractivity contribution in [3.8, 4) is 11.5 Å². The van der Waals surface area contributed by atoms with Gasteiger partial charge in [-0.3, -0.25) is 4.79 Å². The largest absolute Gasteiger partial charge is 0.503 e. The predicted molar refractivity (Wildman–Crippen MR) is 84.7 cm³/mol. The van der Waals surface area contributed by atoms with Gasteiger partial charge in [0.15, 0.2) is 5.75 Å². The Labute approximate surface area is 128 Å². The van der Waals surface area contributed by atoms with E-state index in [1.807, 2.05) is 30.3 Å². The third-order valence-corrected chi connectivity index (χ3v) is 4.82. The van der Waals surface area contributed by atoms with Crippen molar-refractivity contribution in [3.63, 3.8) is 0 Å². The molecule has 0 aliphatic rings. The Kier molecular flexibility index (Phi) is 3.65. The zero-order chi connectivity index (χ0) is 15.7. The summed E-state index contributed by atoms with van der Waals surface area (Å²) >= 11 is 0. The number of aromatic hydroxyl groups is 2. The molecule has 0 amide bonds. The molecule has 2 N–H and O–H groups in total. The first-order valence-electron chi connectivity index (χ1n) is 6.54. The highest BCUT2D eigenvalue weighted by molar-refractivity contribution is 7.85. The third-order valence-electron chi connectivity index (χ3n) is 3.34. The lowest BCUT2D eigenvalue weighted by molar-refractivity contribution is 0.393. The van der Waals surface area contributed by atoms with Crippen LogP contribution in [0.15, 0.2) is 75.2 Å². The van der Waals surface area contributed by atoms with Gasteiger partial charge in [0.25, 0.3) is 0 Å². The van der Waals surface area contributed by atoms with Crippen molar-refractivity contribution in [2.75, 3.05) is 0 Å². The molecule has 3 aromatic rings. The maximum Gasteiger partial charge on any atom is 0.224 e. The van der Waals surface area contributed by atoms with Crippen LogP contribution in [0.1, 0.15) is 0 Å². The molecule has 0 radical (unpaired) electrons. The Morgan fingerprint density at radius 3 is 2.18 bits per heavy atom. The van der Waals surface area contributed by atoms with Crippen molar-refractivity contribution in [3.05, 3.63) is 70.9 Å². The fraction of sp³-hybridized carbons (Fsp3) is 0. The summed E-state index contributed by atoms with van der Waals surface area (Å²) in [5.74, 6) is -1.45. The Balaban J connectivity index is 2.26. The van der Waals surface area contributed by atoms with E-state index in [1.165, 1.54) is 12.1 Å². The quantitative estimate of drug-likeness (QED) is 0.763. The molecule has 0 saturated carbocycles. The molecule has 0 spiro atoms. The molecule has 0 fully saturated rings. The van der Waals surface area contributed by atoms with Gasteiger partial charge in [-0.15, -0.1) is 0 Å². The second-order valence-electron chi connectivity index (χ2n) is 4.70. The highest BCUT2D eigenvalue weighted by Gasteiger charge is 2.17. The molecule has 0 aromatic heterocycles. The minimum absolute atomic E-state index is 0.00375. The van der Waals surface area contributed by atoms with Gasteiger partial charge in [-0.2, -0.15) is 0 Å². The fourth-order valence-electron chi connectivity index (χ4n) is 2.24. The van der Waals surface area contributed by atoms with Crippen molar-refractivity contribution in [1.29, 1.82) is 0 Å². The maximum absolute atomic E-state index is 12.8. The highest BCUT2D eigenvalue weighted by atomic mass is 32.2. The summed E-state index contributed by atoms with van der Waals surface area (Å²) in [5, 5.41) is 21.4. The first kappa shape index (κ1) is 14.3. The molecule has 22 heavy (non-hydrogen) atoms. The molecule has 4 nitrogen and oxygen atoms in total. The molecule has 0 saturated heterocycles. The first-order valence-corrected chi connectivity index (χ1v) is 7.69. The smallest absolute Gasteiger partial charge is 0.224 e. The summed E-state index contributed by atoms with van der Waals surface area (Å²) in [5.41, 5.74) is -0.723. The number of hydrogen-bond acceptors (Lipinski definition) is 4. The van der Waals surface area contributed by atoms with E-state index in [4.69, 9.17) is 0 Å². The van der Waals surface area contributed by atoms with Crippen molar-refractivity contribution in [2.24, 2.45) is 0 Å². The molecule has 0 aliphatic carbocycles. The highest BCUT2D eigenvalue weighted by Crippen LogP contribution is 2.32. The number of fused-ring (bicyclic) bond motifs is 1. The number of hydrogen-bond donors (Lipinski definition) is 2. The molecule has 0 bridgehead atoms. The van der Waals surface area contributed by atoms with Crippen LogP contribution in [0, 0.1) is 0 Å². The van der Waals surface area contributed by atoms with E-state index in [0.29, 0.717) is 4.90 Å². The predicted octanol–water partition coefficient (Wildman–Crippen LogP) is 2.78. The molecule has 5 heteroatoms. The molecule has 1 unspecified atom stereocenters. The van der Waals surface area contributed by atoms with E-state index in [9.17, 15) is 19.2 Å².